The predicted octanol–water partition coefficient (Wildman–Crippen LogP) is 2.30. The fraction of sp³-hybridized carbons (Fsp3) is 0.615. The second-order valence-electron chi connectivity index (χ2n) is 4.85. The lowest BCUT2D eigenvalue weighted by atomic mass is 10.2. The Kier molecular flexibility index (Phi) is 4.20. The highest BCUT2D eigenvalue weighted by atomic mass is 16.5. The molecule has 0 radical (unpaired) electrons. The van der Waals surface area contributed by atoms with Gasteiger partial charge in [0.15, 0.2) is 0 Å². The molecule has 0 amide bonds. The summed E-state index contributed by atoms with van der Waals surface area (Å²) in [7, 11) is 0. The quantitative estimate of drug-likeness (QED) is 0.796. The summed E-state index contributed by atoms with van der Waals surface area (Å²) in [6, 6.07) is 2.02. The van der Waals surface area contributed by atoms with Gasteiger partial charge in [0.25, 0.3) is 0 Å². The minimum Gasteiger partial charge on any atom is -0.377 e. The van der Waals surface area contributed by atoms with Crippen LogP contribution in [0.15, 0.2) is 23.9 Å². The monoisotopic (exact) mass is 235 g/mol. The van der Waals surface area contributed by atoms with E-state index in [2.05, 4.69) is 30.3 Å². The lowest BCUT2D eigenvalue weighted by molar-refractivity contribution is 0.150. The van der Waals surface area contributed by atoms with Crippen LogP contribution in [-0.4, -0.2) is 29.5 Å². The van der Waals surface area contributed by atoms with E-state index >= 15 is 0 Å². The van der Waals surface area contributed by atoms with Crippen molar-refractivity contribution in [3.8, 4) is 0 Å². The molecule has 0 saturated heterocycles. The Morgan fingerprint density at radius 2 is 2.41 bits per heavy atom. The lowest BCUT2D eigenvalue weighted by Crippen LogP contribution is -2.17. The third-order valence-electron chi connectivity index (χ3n) is 2.73. The Labute approximate surface area is 103 Å². The SMILES string of the molecule is CC(C)Cn1nccc1NCC1=CCCOC1. The number of nitrogens with one attached hydrogen (secondary N) is 1. The number of nitrogens with zero attached hydrogens (tertiary/aromatic N) is 2. The minimum absolute atomic E-state index is 0.604. The summed E-state index contributed by atoms with van der Waals surface area (Å²) in [6.07, 6.45) is 5.14. The normalized spacial score (nSPS) is 16.1. The Balaban J connectivity index is 1.90. The van der Waals surface area contributed by atoms with Crippen LogP contribution < -0.4 is 5.32 Å². The Bertz CT molecular complexity index is 382. The van der Waals surface area contributed by atoms with Gasteiger partial charge in [0, 0.05) is 19.2 Å². The molecule has 2 rings (SSSR count). The van der Waals surface area contributed by atoms with Gasteiger partial charge < -0.3 is 10.1 Å². The average molecular weight is 235 g/mol. The maximum Gasteiger partial charge on any atom is 0.124 e. The molecule has 17 heavy (non-hydrogen) atoms. The highest BCUT2D eigenvalue weighted by Crippen LogP contribution is 2.11. The molecule has 0 spiro atoms. The van der Waals surface area contributed by atoms with Crippen LogP contribution in [0.1, 0.15) is 20.3 Å². The summed E-state index contributed by atoms with van der Waals surface area (Å²) in [6.45, 7) is 7.81. The van der Waals surface area contributed by atoms with Gasteiger partial charge in [-0.3, -0.25) is 0 Å². The fourth-order valence-corrected chi connectivity index (χ4v) is 1.91. The smallest absolute Gasteiger partial charge is 0.124 e. The topological polar surface area (TPSA) is 39.1 Å². The second-order valence-corrected chi connectivity index (χ2v) is 4.85. The molecular formula is C13H21N3O. The zero-order valence-corrected chi connectivity index (χ0v) is 10.6. The Morgan fingerprint density at radius 1 is 1.53 bits per heavy atom. The fourth-order valence-electron chi connectivity index (χ4n) is 1.91. The molecule has 1 aliphatic heterocycles. The van der Waals surface area contributed by atoms with Gasteiger partial charge in [0.2, 0.25) is 0 Å². The van der Waals surface area contributed by atoms with Gasteiger partial charge in [-0.25, -0.2) is 4.68 Å². The highest BCUT2D eigenvalue weighted by molar-refractivity contribution is 5.36. The van der Waals surface area contributed by atoms with Crippen LogP contribution in [0.3, 0.4) is 0 Å². The molecule has 0 aliphatic carbocycles. The average Bonchev–Trinajstić information content (AvgIpc) is 2.74. The molecule has 0 fully saturated rings. The van der Waals surface area contributed by atoms with Crippen molar-refractivity contribution in [2.24, 2.45) is 5.92 Å². The lowest BCUT2D eigenvalue weighted by Gasteiger charge is -2.16. The first-order valence-electron chi connectivity index (χ1n) is 6.27. The summed E-state index contributed by atoms with van der Waals surface area (Å²) in [5.41, 5.74) is 1.33. The van der Waals surface area contributed by atoms with Gasteiger partial charge in [0.05, 0.1) is 19.4 Å². The second kappa shape index (κ2) is 5.87. The number of anilines is 1. The Hall–Kier alpha value is -1.29. The zero-order valence-electron chi connectivity index (χ0n) is 10.6. The van der Waals surface area contributed by atoms with Crippen molar-refractivity contribution in [3.63, 3.8) is 0 Å². The van der Waals surface area contributed by atoms with Gasteiger partial charge in [0.1, 0.15) is 5.82 Å². The van der Waals surface area contributed by atoms with E-state index < -0.39 is 0 Å². The maximum atomic E-state index is 5.42. The maximum absolute atomic E-state index is 5.42. The van der Waals surface area contributed by atoms with Crippen LogP contribution in [0.5, 0.6) is 0 Å². The molecule has 1 aromatic heterocycles. The molecule has 0 bridgehead atoms. The summed E-state index contributed by atoms with van der Waals surface area (Å²) < 4.78 is 7.44. The van der Waals surface area contributed by atoms with Gasteiger partial charge in [-0.2, -0.15) is 5.10 Å². The first kappa shape index (κ1) is 12.2. The molecule has 0 atom stereocenters. The Morgan fingerprint density at radius 3 is 3.12 bits per heavy atom. The molecule has 0 saturated carbocycles. The predicted molar refractivity (Wildman–Crippen MR) is 69.1 cm³/mol. The molecule has 1 N–H and O–H groups in total. The van der Waals surface area contributed by atoms with Crippen molar-refractivity contribution in [1.82, 2.24) is 9.78 Å². The number of rotatable bonds is 5. The van der Waals surface area contributed by atoms with Crippen LogP contribution in [0.2, 0.25) is 0 Å². The van der Waals surface area contributed by atoms with Crippen molar-refractivity contribution < 1.29 is 4.74 Å². The van der Waals surface area contributed by atoms with Crippen molar-refractivity contribution in [2.45, 2.75) is 26.8 Å². The third kappa shape index (κ3) is 3.60. The van der Waals surface area contributed by atoms with E-state index in [1.807, 2.05) is 16.9 Å². The molecule has 0 aromatic carbocycles. The van der Waals surface area contributed by atoms with Crippen LogP contribution in [0, 0.1) is 5.92 Å². The molecule has 4 heteroatoms. The van der Waals surface area contributed by atoms with Gasteiger partial charge in [-0.1, -0.05) is 19.9 Å². The zero-order chi connectivity index (χ0) is 12.1. The van der Waals surface area contributed by atoms with Gasteiger partial charge in [-0.05, 0) is 17.9 Å². The van der Waals surface area contributed by atoms with Crippen LogP contribution >= 0.6 is 0 Å². The molecule has 0 unspecified atom stereocenters. The molecule has 1 aliphatic rings. The summed E-state index contributed by atoms with van der Waals surface area (Å²) in [4.78, 5) is 0. The molecule has 4 nitrogen and oxygen atoms in total. The molecule has 94 valence electrons. The van der Waals surface area contributed by atoms with E-state index in [0.29, 0.717) is 5.92 Å². The van der Waals surface area contributed by atoms with E-state index in [1.165, 1.54) is 5.57 Å². The first-order chi connectivity index (χ1) is 8.25. The highest BCUT2D eigenvalue weighted by Gasteiger charge is 2.06. The summed E-state index contributed by atoms with van der Waals surface area (Å²) in [5, 5.41) is 7.74. The van der Waals surface area contributed by atoms with Crippen LogP contribution in [0.25, 0.3) is 0 Å². The summed E-state index contributed by atoms with van der Waals surface area (Å²) >= 11 is 0. The summed E-state index contributed by atoms with van der Waals surface area (Å²) in [5.74, 6) is 1.69. The van der Waals surface area contributed by atoms with E-state index in [0.717, 1.165) is 38.5 Å². The van der Waals surface area contributed by atoms with Crippen LogP contribution in [-0.2, 0) is 11.3 Å². The number of hydrogen-bond acceptors (Lipinski definition) is 3. The third-order valence-corrected chi connectivity index (χ3v) is 2.73. The standard InChI is InChI=1S/C13H21N3O/c1-11(2)9-16-13(5-6-15-16)14-8-12-4-3-7-17-10-12/h4-6,11,14H,3,7-10H2,1-2H3. The first-order valence-corrected chi connectivity index (χ1v) is 6.27. The minimum atomic E-state index is 0.604. The number of aromatic nitrogens is 2. The van der Waals surface area contributed by atoms with Crippen LogP contribution in [0.4, 0.5) is 5.82 Å². The van der Waals surface area contributed by atoms with Crippen molar-refractivity contribution in [1.29, 1.82) is 0 Å². The van der Waals surface area contributed by atoms with Gasteiger partial charge in [-0.15, -0.1) is 0 Å². The number of ether oxygens (including phenoxy) is 1. The van der Waals surface area contributed by atoms with E-state index in [9.17, 15) is 0 Å². The van der Waals surface area contributed by atoms with E-state index in [1.54, 1.807) is 0 Å². The van der Waals surface area contributed by atoms with Crippen molar-refractivity contribution in [2.75, 3.05) is 25.1 Å². The molecular weight excluding hydrogens is 214 g/mol. The molecule has 2 heterocycles. The molecule has 1 aromatic rings. The number of hydrogen-bond donors (Lipinski definition) is 1. The van der Waals surface area contributed by atoms with Crippen molar-refractivity contribution in [3.05, 3.63) is 23.9 Å². The van der Waals surface area contributed by atoms with E-state index in [4.69, 9.17) is 4.74 Å². The largest absolute Gasteiger partial charge is 0.377 e. The van der Waals surface area contributed by atoms with Crippen molar-refractivity contribution >= 4 is 5.82 Å². The van der Waals surface area contributed by atoms with E-state index in [-0.39, 0.29) is 0 Å². The van der Waals surface area contributed by atoms with Gasteiger partial charge >= 0.3 is 0 Å².